The lowest BCUT2D eigenvalue weighted by Crippen LogP contribution is -2.06. The molecule has 1 aromatic carbocycles. The van der Waals surface area contributed by atoms with Crippen LogP contribution in [0.5, 0.6) is 5.75 Å². The molecule has 19 heavy (non-hydrogen) atoms. The molecule has 1 nitrogen and oxygen atoms in total. The standard InChI is InChI=1S/C12H18O.3C2H6/c1-9(2)8-13-12-10(3)6-5-7-11(12)4;3*1-2/h5-7,9H,8H2,1-4H3;3*1-2H3. The zero-order valence-electron chi connectivity index (χ0n) is 14.9. The van der Waals surface area contributed by atoms with Gasteiger partial charge in [0.1, 0.15) is 5.75 Å². The highest BCUT2D eigenvalue weighted by molar-refractivity contribution is 5.39. The molecule has 0 bridgehead atoms. The van der Waals surface area contributed by atoms with Crippen LogP contribution in [0.15, 0.2) is 18.2 Å². The smallest absolute Gasteiger partial charge is 0.125 e. The summed E-state index contributed by atoms with van der Waals surface area (Å²) in [7, 11) is 0. The van der Waals surface area contributed by atoms with Crippen molar-refractivity contribution in [1.82, 2.24) is 0 Å². The van der Waals surface area contributed by atoms with Gasteiger partial charge in [0.15, 0.2) is 0 Å². The van der Waals surface area contributed by atoms with Crippen LogP contribution in [0.2, 0.25) is 0 Å². The van der Waals surface area contributed by atoms with E-state index in [0.717, 1.165) is 12.4 Å². The van der Waals surface area contributed by atoms with Crippen molar-refractivity contribution in [2.75, 3.05) is 6.61 Å². The van der Waals surface area contributed by atoms with Crippen molar-refractivity contribution in [3.8, 4) is 5.75 Å². The summed E-state index contributed by atoms with van der Waals surface area (Å²) in [5.74, 6) is 1.63. The quantitative estimate of drug-likeness (QED) is 0.615. The van der Waals surface area contributed by atoms with E-state index in [9.17, 15) is 0 Å². The molecule has 0 N–H and O–H groups in total. The second-order valence-corrected chi connectivity index (χ2v) is 3.93. The zero-order chi connectivity index (χ0) is 15.8. The van der Waals surface area contributed by atoms with Crippen molar-refractivity contribution in [1.29, 1.82) is 0 Å². The summed E-state index contributed by atoms with van der Waals surface area (Å²) >= 11 is 0. The van der Waals surface area contributed by atoms with E-state index < -0.39 is 0 Å². The van der Waals surface area contributed by atoms with E-state index in [1.54, 1.807) is 0 Å². The molecule has 0 radical (unpaired) electrons. The van der Waals surface area contributed by atoms with Gasteiger partial charge in [-0.2, -0.15) is 0 Å². The molecular weight excluding hydrogens is 232 g/mol. The van der Waals surface area contributed by atoms with Crippen LogP contribution in [0.1, 0.15) is 66.5 Å². The topological polar surface area (TPSA) is 9.23 Å². The van der Waals surface area contributed by atoms with Crippen LogP contribution in [0.25, 0.3) is 0 Å². The third-order valence-electron chi connectivity index (χ3n) is 1.97. The monoisotopic (exact) mass is 268 g/mol. The average Bonchev–Trinajstić information content (AvgIpc) is 2.45. The third-order valence-corrected chi connectivity index (χ3v) is 1.97. The predicted molar refractivity (Wildman–Crippen MR) is 90.3 cm³/mol. The molecule has 1 aromatic rings. The van der Waals surface area contributed by atoms with E-state index in [1.165, 1.54) is 11.1 Å². The SMILES string of the molecule is CC.CC.CC.Cc1cccc(C)c1OCC(C)C. The zero-order valence-corrected chi connectivity index (χ0v) is 14.9. The molecule has 1 heteroatoms. The summed E-state index contributed by atoms with van der Waals surface area (Å²) in [4.78, 5) is 0. The Hall–Kier alpha value is -0.980. The lowest BCUT2D eigenvalue weighted by Gasteiger charge is -2.13. The highest BCUT2D eigenvalue weighted by atomic mass is 16.5. The Morgan fingerprint density at radius 3 is 1.53 bits per heavy atom. The molecule has 0 aliphatic carbocycles. The van der Waals surface area contributed by atoms with Crippen molar-refractivity contribution < 1.29 is 4.74 Å². The van der Waals surface area contributed by atoms with Gasteiger partial charge >= 0.3 is 0 Å². The maximum absolute atomic E-state index is 5.73. The third kappa shape index (κ3) is 11.8. The normalized spacial score (nSPS) is 8.16. The minimum absolute atomic E-state index is 0.582. The Morgan fingerprint density at radius 1 is 0.842 bits per heavy atom. The second kappa shape index (κ2) is 17.0. The maximum Gasteiger partial charge on any atom is 0.125 e. The minimum Gasteiger partial charge on any atom is -0.493 e. The van der Waals surface area contributed by atoms with Gasteiger partial charge in [0, 0.05) is 0 Å². The van der Waals surface area contributed by atoms with Crippen molar-refractivity contribution >= 4 is 0 Å². The summed E-state index contributed by atoms with van der Waals surface area (Å²) in [6.45, 7) is 21.3. The van der Waals surface area contributed by atoms with Gasteiger partial charge < -0.3 is 4.74 Å². The largest absolute Gasteiger partial charge is 0.493 e. The molecule has 0 atom stereocenters. The van der Waals surface area contributed by atoms with Gasteiger partial charge in [0.2, 0.25) is 0 Å². The number of rotatable bonds is 3. The first-order valence-corrected chi connectivity index (χ1v) is 7.80. The lowest BCUT2D eigenvalue weighted by molar-refractivity contribution is 0.268. The molecule has 0 saturated heterocycles. The first-order chi connectivity index (χ1) is 9.11. The molecule has 0 aliphatic rings. The average molecular weight is 268 g/mol. The summed E-state index contributed by atoms with van der Waals surface area (Å²) in [5, 5.41) is 0. The van der Waals surface area contributed by atoms with Gasteiger partial charge in [-0.3, -0.25) is 0 Å². The van der Waals surface area contributed by atoms with E-state index in [4.69, 9.17) is 4.74 Å². The number of aryl methyl sites for hydroxylation is 2. The van der Waals surface area contributed by atoms with E-state index in [0.29, 0.717) is 5.92 Å². The summed E-state index contributed by atoms with van der Waals surface area (Å²) in [5.41, 5.74) is 2.45. The first-order valence-electron chi connectivity index (χ1n) is 7.80. The molecule has 0 spiro atoms. The number of para-hydroxylation sites is 1. The Balaban J connectivity index is -0.000000375. The second-order valence-electron chi connectivity index (χ2n) is 3.93. The fourth-order valence-electron chi connectivity index (χ4n) is 1.28. The Bertz CT molecular complexity index is 257. The molecule has 0 heterocycles. The Labute approximate surface area is 122 Å². The van der Waals surface area contributed by atoms with E-state index >= 15 is 0 Å². The fourth-order valence-corrected chi connectivity index (χ4v) is 1.28. The van der Waals surface area contributed by atoms with Crippen LogP contribution in [-0.4, -0.2) is 6.61 Å². The van der Waals surface area contributed by atoms with Gasteiger partial charge in [-0.25, -0.2) is 0 Å². The van der Waals surface area contributed by atoms with Crippen LogP contribution in [0.3, 0.4) is 0 Å². The summed E-state index contributed by atoms with van der Waals surface area (Å²) in [6.07, 6.45) is 0. The van der Waals surface area contributed by atoms with E-state index in [1.807, 2.05) is 41.5 Å². The minimum atomic E-state index is 0.582. The van der Waals surface area contributed by atoms with E-state index in [2.05, 4.69) is 45.9 Å². The predicted octanol–water partition coefficient (Wildman–Crippen LogP) is 6.42. The van der Waals surface area contributed by atoms with E-state index in [-0.39, 0.29) is 0 Å². The highest BCUT2D eigenvalue weighted by Crippen LogP contribution is 2.22. The van der Waals surface area contributed by atoms with Crippen LogP contribution in [0, 0.1) is 19.8 Å². The molecule has 114 valence electrons. The first kappa shape index (κ1) is 23.1. The molecule has 1 rings (SSSR count). The molecule has 0 aliphatic heterocycles. The maximum atomic E-state index is 5.73. The van der Waals surface area contributed by atoms with Gasteiger partial charge in [-0.05, 0) is 30.9 Å². The Kier molecular flexibility index (Phi) is 20.7. The van der Waals surface area contributed by atoms with Crippen molar-refractivity contribution in [2.24, 2.45) is 5.92 Å². The molecule has 0 aromatic heterocycles. The van der Waals surface area contributed by atoms with Crippen molar-refractivity contribution in [3.63, 3.8) is 0 Å². The number of ether oxygens (including phenoxy) is 1. The summed E-state index contributed by atoms with van der Waals surface area (Å²) in [6, 6.07) is 6.23. The Morgan fingerprint density at radius 2 is 1.21 bits per heavy atom. The van der Waals surface area contributed by atoms with Gasteiger partial charge in [-0.15, -0.1) is 0 Å². The molecule has 0 unspecified atom stereocenters. The molecular formula is C18H36O. The number of benzene rings is 1. The fraction of sp³-hybridized carbons (Fsp3) is 0.667. The van der Waals surface area contributed by atoms with Crippen LogP contribution < -0.4 is 4.74 Å². The number of hydrogen-bond donors (Lipinski definition) is 0. The van der Waals surface area contributed by atoms with Gasteiger partial charge in [0.25, 0.3) is 0 Å². The summed E-state index contributed by atoms with van der Waals surface area (Å²) < 4.78 is 5.73. The lowest BCUT2D eigenvalue weighted by atomic mass is 10.1. The van der Waals surface area contributed by atoms with Crippen molar-refractivity contribution in [3.05, 3.63) is 29.3 Å². The molecule has 0 amide bonds. The van der Waals surface area contributed by atoms with Crippen LogP contribution >= 0.6 is 0 Å². The van der Waals surface area contributed by atoms with Gasteiger partial charge in [-0.1, -0.05) is 73.6 Å². The van der Waals surface area contributed by atoms with Crippen LogP contribution in [0.4, 0.5) is 0 Å². The highest BCUT2D eigenvalue weighted by Gasteiger charge is 2.03. The molecule has 0 saturated carbocycles. The van der Waals surface area contributed by atoms with Crippen LogP contribution in [-0.2, 0) is 0 Å². The molecule has 0 fully saturated rings. The van der Waals surface area contributed by atoms with Gasteiger partial charge in [0.05, 0.1) is 6.61 Å². The number of hydrogen-bond acceptors (Lipinski definition) is 1. The van der Waals surface area contributed by atoms with Crippen molar-refractivity contribution in [2.45, 2.75) is 69.2 Å².